The van der Waals surface area contributed by atoms with Crippen LogP contribution >= 0.6 is 0 Å². The number of hydrogen-bond donors (Lipinski definition) is 1. The topological polar surface area (TPSA) is 32.3 Å². The van der Waals surface area contributed by atoms with Gasteiger partial charge < -0.3 is 10.2 Å². The second-order valence-electron chi connectivity index (χ2n) is 5.13. The lowest BCUT2D eigenvalue weighted by atomic mass is 9.96. The van der Waals surface area contributed by atoms with Gasteiger partial charge in [0.1, 0.15) is 0 Å². The van der Waals surface area contributed by atoms with E-state index in [0.29, 0.717) is 17.7 Å². The van der Waals surface area contributed by atoms with Crippen molar-refractivity contribution in [2.75, 3.05) is 26.2 Å². The van der Waals surface area contributed by atoms with Crippen LogP contribution in [0.2, 0.25) is 0 Å². The molecule has 16 heavy (non-hydrogen) atoms. The second kappa shape index (κ2) is 6.24. The standard InChI is InChI=1S/C13H26N2O/c1-5-10(3)9-15(6-2)13(16)12-8-14-7-11(12)4/h10-12,14H,5-9H2,1-4H3/t10?,11-,12-/m1/s1. The summed E-state index contributed by atoms with van der Waals surface area (Å²) in [6, 6.07) is 0. The van der Waals surface area contributed by atoms with Gasteiger partial charge in [0.25, 0.3) is 0 Å². The SMILES string of the molecule is CCC(C)CN(CC)C(=O)[C@@H]1CNC[C@H]1C. The summed E-state index contributed by atoms with van der Waals surface area (Å²) in [6.45, 7) is 12.2. The van der Waals surface area contributed by atoms with E-state index in [2.05, 4.69) is 33.0 Å². The van der Waals surface area contributed by atoms with E-state index in [1.807, 2.05) is 4.90 Å². The molecule has 1 amide bonds. The lowest BCUT2D eigenvalue weighted by molar-refractivity contribution is -0.136. The lowest BCUT2D eigenvalue weighted by Crippen LogP contribution is -2.41. The second-order valence-corrected chi connectivity index (χ2v) is 5.13. The molecule has 0 aromatic rings. The molecule has 0 aliphatic carbocycles. The maximum absolute atomic E-state index is 12.3. The van der Waals surface area contributed by atoms with Crippen molar-refractivity contribution in [1.82, 2.24) is 10.2 Å². The average molecular weight is 226 g/mol. The average Bonchev–Trinajstić information content (AvgIpc) is 2.71. The van der Waals surface area contributed by atoms with Crippen molar-refractivity contribution in [3.8, 4) is 0 Å². The zero-order chi connectivity index (χ0) is 12.1. The van der Waals surface area contributed by atoms with Crippen molar-refractivity contribution in [1.29, 1.82) is 0 Å². The summed E-state index contributed by atoms with van der Waals surface area (Å²) in [5, 5.41) is 3.30. The van der Waals surface area contributed by atoms with Gasteiger partial charge >= 0.3 is 0 Å². The first-order valence-corrected chi connectivity index (χ1v) is 6.59. The van der Waals surface area contributed by atoms with Crippen LogP contribution in [0.15, 0.2) is 0 Å². The number of nitrogens with zero attached hydrogens (tertiary/aromatic N) is 1. The van der Waals surface area contributed by atoms with Crippen molar-refractivity contribution >= 4 is 5.91 Å². The zero-order valence-electron chi connectivity index (χ0n) is 11.1. The van der Waals surface area contributed by atoms with Gasteiger partial charge in [0, 0.05) is 19.6 Å². The highest BCUT2D eigenvalue weighted by Crippen LogP contribution is 2.19. The van der Waals surface area contributed by atoms with Crippen molar-refractivity contribution in [3.63, 3.8) is 0 Å². The van der Waals surface area contributed by atoms with Crippen molar-refractivity contribution < 1.29 is 4.79 Å². The molecule has 0 bridgehead atoms. The Morgan fingerprint density at radius 1 is 1.44 bits per heavy atom. The summed E-state index contributed by atoms with van der Waals surface area (Å²) in [5.41, 5.74) is 0. The highest BCUT2D eigenvalue weighted by molar-refractivity contribution is 5.79. The molecule has 1 aliphatic rings. The van der Waals surface area contributed by atoms with Crippen molar-refractivity contribution in [2.45, 2.75) is 34.1 Å². The van der Waals surface area contributed by atoms with E-state index in [0.717, 1.165) is 32.6 Å². The molecule has 0 spiro atoms. The smallest absolute Gasteiger partial charge is 0.227 e. The molecule has 3 heteroatoms. The number of rotatable bonds is 5. The molecule has 0 aromatic carbocycles. The van der Waals surface area contributed by atoms with Crippen LogP contribution in [0.25, 0.3) is 0 Å². The lowest BCUT2D eigenvalue weighted by Gasteiger charge is -2.28. The first kappa shape index (κ1) is 13.5. The molecule has 94 valence electrons. The number of hydrogen-bond acceptors (Lipinski definition) is 2. The predicted octanol–water partition coefficient (Wildman–Crippen LogP) is 1.74. The monoisotopic (exact) mass is 226 g/mol. The Kier molecular flexibility index (Phi) is 5.26. The maximum atomic E-state index is 12.3. The highest BCUT2D eigenvalue weighted by atomic mass is 16.2. The van der Waals surface area contributed by atoms with E-state index in [4.69, 9.17) is 0 Å². The first-order chi connectivity index (χ1) is 7.60. The van der Waals surface area contributed by atoms with E-state index in [9.17, 15) is 4.79 Å². The van der Waals surface area contributed by atoms with E-state index in [1.165, 1.54) is 0 Å². The third-order valence-corrected chi connectivity index (χ3v) is 3.76. The fraction of sp³-hybridized carbons (Fsp3) is 0.923. The van der Waals surface area contributed by atoms with Crippen LogP contribution < -0.4 is 5.32 Å². The molecular formula is C13H26N2O. The summed E-state index contributed by atoms with van der Waals surface area (Å²) in [6.07, 6.45) is 1.14. The number of carbonyl (C=O) groups excluding carboxylic acids is 1. The Hall–Kier alpha value is -0.570. The Morgan fingerprint density at radius 2 is 2.12 bits per heavy atom. The molecule has 1 rings (SSSR count). The van der Waals surface area contributed by atoms with Crippen LogP contribution in [0.3, 0.4) is 0 Å². The molecule has 0 radical (unpaired) electrons. The molecule has 0 saturated carbocycles. The summed E-state index contributed by atoms with van der Waals surface area (Å²) >= 11 is 0. The molecule has 3 nitrogen and oxygen atoms in total. The molecule has 1 N–H and O–H groups in total. The number of carbonyl (C=O) groups is 1. The first-order valence-electron chi connectivity index (χ1n) is 6.59. The quantitative estimate of drug-likeness (QED) is 0.774. The highest BCUT2D eigenvalue weighted by Gasteiger charge is 2.32. The third kappa shape index (κ3) is 3.21. The van der Waals surface area contributed by atoms with Crippen molar-refractivity contribution in [2.24, 2.45) is 17.8 Å². The van der Waals surface area contributed by atoms with Crippen LogP contribution in [0.4, 0.5) is 0 Å². The largest absolute Gasteiger partial charge is 0.342 e. The van der Waals surface area contributed by atoms with E-state index >= 15 is 0 Å². The van der Waals surface area contributed by atoms with Crippen molar-refractivity contribution in [3.05, 3.63) is 0 Å². The molecule has 1 saturated heterocycles. The van der Waals surface area contributed by atoms with E-state index < -0.39 is 0 Å². The Bertz CT molecular complexity index is 230. The van der Waals surface area contributed by atoms with Gasteiger partial charge in [-0.1, -0.05) is 27.2 Å². The molecule has 3 atom stereocenters. The number of amides is 1. The van der Waals surface area contributed by atoms with E-state index in [-0.39, 0.29) is 5.92 Å². The molecule has 1 fully saturated rings. The summed E-state index contributed by atoms with van der Waals surface area (Å²) in [4.78, 5) is 14.4. The van der Waals surface area contributed by atoms with Crippen LogP contribution in [0, 0.1) is 17.8 Å². The Balaban J connectivity index is 2.54. The van der Waals surface area contributed by atoms with Crippen LogP contribution in [0.1, 0.15) is 34.1 Å². The van der Waals surface area contributed by atoms with Crippen LogP contribution in [-0.4, -0.2) is 37.0 Å². The Morgan fingerprint density at radius 3 is 2.56 bits per heavy atom. The molecular weight excluding hydrogens is 200 g/mol. The summed E-state index contributed by atoms with van der Waals surface area (Å²) < 4.78 is 0. The van der Waals surface area contributed by atoms with Gasteiger partial charge in [-0.3, -0.25) is 4.79 Å². The fourth-order valence-corrected chi connectivity index (χ4v) is 2.26. The van der Waals surface area contributed by atoms with E-state index in [1.54, 1.807) is 0 Å². The van der Waals surface area contributed by atoms with Gasteiger partial charge in [-0.05, 0) is 25.3 Å². The summed E-state index contributed by atoms with van der Waals surface area (Å²) in [7, 11) is 0. The van der Waals surface area contributed by atoms with Gasteiger partial charge in [0.05, 0.1) is 5.92 Å². The predicted molar refractivity (Wildman–Crippen MR) is 67.2 cm³/mol. The molecule has 0 aromatic heterocycles. The van der Waals surface area contributed by atoms with Gasteiger partial charge in [-0.15, -0.1) is 0 Å². The number of nitrogens with one attached hydrogen (secondary N) is 1. The molecule has 1 heterocycles. The maximum Gasteiger partial charge on any atom is 0.227 e. The third-order valence-electron chi connectivity index (χ3n) is 3.76. The van der Waals surface area contributed by atoms with Gasteiger partial charge in [0.15, 0.2) is 0 Å². The van der Waals surface area contributed by atoms with Crippen LogP contribution in [-0.2, 0) is 4.79 Å². The fourth-order valence-electron chi connectivity index (χ4n) is 2.26. The zero-order valence-corrected chi connectivity index (χ0v) is 11.1. The van der Waals surface area contributed by atoms with Gasteiger partial charge in [-0.2, -0.15) is 0 Å². The minimum absolute atomic E-state index is 0.198. The normalized spacial score (nSPS) is 26.8. The van der Waals surface area contributed by atoms with Crippen LogP contribution in [0.5, 0.6) is 0 Å². The minimum atomic E-state index is 0.198. The Labute approximate surface area is 99.6 Å². The van der Waals surface area contributed by atoms with Gasteiger partial charge in [-0.25, -0.2) is 0 Å². The van der Waals surface area contributed by atoms with Gasteiger partial charge in [0.2, 0.25) is 5.91 Å². The molecule has 1 unspecified atom stereocenters. The molecule has 1 aliphatic heterocycles. The minimum Gasteiger partial charge on any atom is -0.342 e. The summed E-state index contributed by atoms with van der Waals surface area (Å²) in [5.74, 6) is 1.64.